The fourth-order valence-corrected chi connectivity index (χ4v) is 1.80. The van der Waals surface area contributed by atoms with Gasteiger partial charge in [0.25, 0.3) is 0 Å². The number of aryl methyl sites for hydroxylation is 1. The topological polar surface area (TPSA) is 46.3 Å². The predicted molar refractivity (Wildman–Crippen MR) is 59.4 cm³/mol. The molecular weight excluding hydrogens is 258 g/mol. The number of rotatable bonds is 2. The zero-order valence-corrected chi connectivity index (χ0v) is 9.73. The number of pyridine rings is 1. The Kier molecular flexibility index (Phi) is 2.88. The summed E-state index contributed by atoms with van der Waals surface area (Å²) >= 11 is 3.31. The van der Waals surface area contributed by atoms with E-state index in [1.807, 2.05) is 13.0 Å². The number of aliphatic hydroxyl groups excluding tert-OH is 1. The van der Waals surface area contributed by atoms with Gasteiger partial charge in [0.2, 0.25) is 0 Å². The molecule has 1 atom stereocenters. The molecule has 2 aromatic heterocycles. The summed E-state index contributed by atoms with van der Waals surface area (Å²) < 4.78 is 5.96. The van der Waals surface area contributed by atoms with Crippen LogP contribution in [0.5, 0.6) is 0 Å². The minimum absolute atomic E-state index is 0.502. The van der Waals surface area contributed by atoms with Crippen molar-refractivity contribution in [2.24, 2.45) is 0 Å². The van der Waals surface area contributed by atoms with Gasteiger partial charge >= 0.3 is 0 Å². The smallest absolute Gasteiger partial charge is 0.151 e. The van der Waals surface area contributed by atoms with Crippen LogP contribution in [0.1, 0.15) is 23.0 Å². The van der Waals surface area contributed by atoms with Crippen molar-refractivity contribution in [2.45, 2.75) is 13.0 Å². The second kappa shape index (κ2) is 4.16. The van der Waals surface area contributed by atoms with E-state index in [9.17, 15) is 5.11 Å². The average Bonchev–Trinajstić information content (AvgIpc) is 2.63. The van der Waals surface area contributed by atoms with Crippen LogP contribution in [0.15, 0.2) is 39.7 Å². The molecule has 0 aliphatic rings. The molecule has 1 N–H and O–H groups in total. The number of halogens is 1. The van der Waals surface area contributed by atoms with Gasteiger partial charge in [-0.25, -0.2) is 0 Å². The maximum Gasteiger partial charge on any atom is 0.151 e. The van der Waals surface area contributed by atoms with Crippen LogP contribution >= 0.6 is 15.9 Å². The first kappa shape index (κ1) is 10.4. The molecule has 0 aliphatic heterocycles. The highest BCUT2D eigenvalue weighted by molar-refractivity contribution is 9.10. The molecule has 0 aromatic carbocycles. The molecule has 3 nitrogen and oxygen atoms in total. The lowest BCUT2D eigenvalue weighted by Gasteiger charge is -2.08. The van der Waals surface area contributed by atoms with Crippen LogP contribution in [0.2, 0.25) is 0 Å². The van der Waals surface area contributed by atoms with Crippen LogP contribution in [-0.4, -0.2) is 10.1 Å². The Labute approximate surface area is 95.9 Å². The van der Waals surface area contributed by atoms with Gasteiger partial charge in [0.1, 0.15) is 6.10 Å². The largest absolute Gasteiger partial charge is 0.465 e. The minimum Gasteiger partial charge on any atom is -0.465 e. The molecule has 15 heavy (non-hydrogen) atoms. The van der Waals surface area contributed by atoms with Crippen LogP contribution in [0.4, 0.5) is 0 Å². The average molecular weight is 268 g/mol. The molecule has 0 saturated carbocycles. The standard InChI is InChI=1S/C11H10BrNO2/c1-7-4-8(6-13-5-7)10(14)11-9(12)2-3-15-11/h2-6,10,14H,1H3. The molecule has 0 bridgehead atoms. The molecule has 0 saturated heterocycles. The van der Waals surface area contributed by atoms with Crippen molar-refractivity contribution >= 4 is 15.9 Å². The van der Waals surface area contributed by atoms with Gasteiger partial charge in [-0.3, -0.25) is 4.98 Å². The molecule has 78 valence electrons. The van der Waals surface area contributed by atoms with Crippen LogP contribution in [0, 0.1) is 6.92 Å². The Morgan fingerprint density at radius 3 is 2.87 bits per heavy atom. The summed E-state index contributed by atoms with van der Waals surface area (Å²) in [6.45, 7) is 1.93. The van der Waals surface area contributed by atoms with Crippen LogP contribution < -0.4 is 0 Å². The van der Waals surface area contributed by atoms with E-state index in [0.717, 1.165) is 15.6 Å². The van der Waals surface area contributed by atoms with Gasteiger partial charge in [-0.05, 0) is 40.5 Å². The van der Waals surface area contributed by atoms with Gasteiger partial charge in [0.05, 0.1) is 10.7 Å². The first-order valence-corrected chi connectivity index (χ1v) is 5.30. The maximum absolute atomic E-state index is 10.0. The van der Waals surface area contributed by atoms with Crippen molar-refractivity contribution in [1.82, 2.24) is 4.98 Å². The molecule has 0 amide bonds. The first-order chi connectivity index (χ1) is 7.18. The van der Waals surface area contributed by atoms with E-state index in [2.05, 4.69) is 20.9 Å². The van der Waals surface area contributed by atoms with Gasteiger partial charge < -0.3 is 9.52 Å². The Morgan fingerprint density at radius 1 is 1.47 bits per heavy atom. The number of hydrogen-bond donors (Lipinski definition) is 1. The van der Waals surface area contributed by atoms with E-state index >= 15 is 0 Å². The van der Waals surface area contributed by atoms with Gasteiger partial charge in [-0.1, -0.05) is 0 Å². The lowest BCUT2D eigenvalue weighted by Crippen LogP contribution is -1.99. The Hall–Kier alpha value is -1.13. The molecule has 4 heteroatoms. The predicted octanol–water partition coefficient (Wildman–Crippen LogP) is 2.83. The van der Waals surface area contributed by atoms with E-state index in [4.69, 9.17) is 4.42 Å². The zero-order valence-electron chi connectivity index (χ0n) is 8.14. The van der Waals surface area contributed by atoms with Gasteiger partial charge in [0.15, 0.2) is 5.76 Å². The Bertz CT molecular complexity index is 467. The number of nitrogens with zero attached hydrogens (tertiary/aromatic N) is 1. The highest BCUT2D eigenvalue weighted by Crippen LogP contribution is 2.29. The van der Waals surface area contributed by atoms with E-state index < -0.39 is 6.10 Å². The van der Waals surface area contributed by atoms with Crippen LogP contribution in [0.25, 0.3) is 0 Å². The Morgan fingerprint density at radius 2 is 2.27 bits per heavy atom. The van der Waals surface area contributed by atoms with Crippen molar-refractivity contribution in [3.05, 3.63) is 52.1 Å². The summed E-state index contributed by atoms with van der Waals surface area (Å²) in [6.07, 6.45) is 4.13. The third kappa shape index (κ3) is 2.11. The van der Waals surface area contributed by atoms with Crippen molar-refractivity contribution < 1.29 is 9.52 Å². The molecule has 1 unspecified atom stereocenters. The molecule has 2 rings (SSSR count). The third-order valence-electron chi connectivity index (χ3n) is 2.10. The summed E-state index contributed by atoms with van der Waals surface area (Å²) in [5.41, 5.74) is 1.74. The molecular formula is C11H10BrNO2. The van der Waals surface area contributed by atoms with Crippen molar-refractivity contribution in [1.29, 1.82) is 0 Å². The van der Waals surface area contributed by atoms with E-state index in [1.165, 1.54) is 6.26 Å². The highest BCUT2D eigenvalue weighted by Gasteiger charge is 2.17. The summed E-state index contributed by atoms with van der Waals surface area (Å²) in [5, 5.41) is 10.0. The van der Waals surface area contributed by atoms with E-state index in [-0.39, 0.29) is 0 Å². The first-order valence-electron chi connectivity index (χ1n) is 4.51. The number of furan rings is 1. The lowest BCUT2D eigenvalue weighted by atomic mass is 10.1. The molecule has 2 aromatic rings. The second-order valence-electron chi connectivity index (χ2n) is 3.33. The summed E-state index contributed by atoms with van der Waals surface area (Å²) in [4.78, 5) is 4.03. The molecule has 0 spiro atoms. The van der Waals surface area contributed by atoms with Gasteiger partial charge in [0, 0.05) is 18.0 Å². The Balaban J connectivity index is 2.36. The van der Waals surface area contributed by atoms with E-state index in [1.54, 1.807) is 18.5 Å². The highest BCUT2D eigenvalue weighted by atomic mass is 79.9. The summed E-state index contributed by atoms with van der Waals surface area (Å²) in [6, 6.07) is 3.63. The maximum atomic E-state index is 10.0. The lowest BCUT2D eigenvalue weighted by molar-refractivity contribution is 0.188. The van der Waals surface area contributed by atoms with Crippen molar-refractivity contribution in [3.63, 3.8) is 0 Å². The monoisotopic (exact) mass is 267 g/mol. The molecule has 0 fully saturated rings. The fourth-order valence-electron chi connectivity index (χ4n) is 1.38. The van der Waals surface area contributed by atoms with Gasteiger partial charge in [-0.15, -0.1) is 0 Å². The molecule has 0 radical (unpaired) electrons. The van der Waals surface area contributed by atoms with Gasteiger partial charge in [-0.2, -0.15) is 0 Å². The molecule has 0 aliphatic carbocycles. The molecule has 2 heterocycles. The number of aliphatic hydroxyl groups is 1. The third-order valence-corrected chi connectivity index (χ3v) is 2.76. The normalized spacial score (nSPS) is 12.7. The quantitative estimate of drug-likeness (QED) is 0.910. The SMILES string of the molecule is Cc1cncc(C(O)c2occc2Br)c1. The van der Waals surface area contributed by atoms with Crippen LogP contribution in [0.3, 0.4) is 0 Å². The minimum atomic E-state index is -0.776. The summed E-state index contributed by atoms with van der Waals surface area (Å²) in [5.74, 6) is 0.502. The van der Waals surface area contributed by atoms with Crippen LogP contribution in [-0.2, 0) is 0 Å². The zero-order chi connectivity index (χ0) is 10.8. The van der Waals surface area contributed by atoms with Crippen molar-refractivity contribution in [2.75, 3.05) is 0 Å². The number of hydrogen-bond acceptors (Lipinski definition) is 3. The summed E-state index contributed by atoms with van der Waals surface area (Å²) in [7, 11) is 0. The second-order valence-corrected chi connectivity index (χ2v) is 4.19. The number of aromatic nitrogens is 1. The van der Waals surface area contributed by atoms with E-state index in [0.29, 0.717) is 5.76 Å². The van der Waals surface area contributed by atoms with Crippen molar-refractivity contribution in [3.8, 4) is 0 Å². The fraction of sp³-hybridized carbons (Fsp3) is 0.182.